The first-order valence-electron chi connectivity index (χ1n) is 8.78. The molecule has 3 aromatic rings. The van der Waals surface area contributed by atoms with Crippen LogP contribution in [0.25, 0.3) is 11.0 Å². The highest BCUT2D eigenvalue weighted by Gasteiger charge is 2.29. The average Bonchev–Trinajstić information content (AvgIpc) is 3.37. The number of aromatic nitrogens is 2. The van der Waals surface area contributed by atoms with E-state index in [1.165, 1.54) is 0 Å². The van der Waals surface area contributed by atoms with Crippen LogP contribution in [0.2, 0.25) is 0 Å². The molecule has 132 valence electrons. The van der Waals surface area contributed by atoms with Crippen LogP contribution in [-0.2, 0) is 11.2 Å². The highest BCUT2D eigenvalue weighted by atomic mass is 16.2. The Bertz CT molecular complexity index is 931. The van der Waals surface area contributed by atoms with Crippen LogP contribution in [0.3, 0.4) is 0 Å². The summed E-state index contributed by atoms with van der Waals surface area (Å²) in [5, 5.41) is 6.62. The van der Waals surface area contributed by atoms with Gasteiger partial charge in [-0.15, -0.1) is 0 Å². The van der Waals surface area contributed by atoms with E-state index in [-0.39, 0.29) is 17.9 Å². The molecule has 1 aliphatic rings. The molecule has 0 unspecified atom stereocenters. The van der Waals surface area contributed by atoms with Gasteiger partial charge in [0.05, 0.1) is 5.56 Å². The number of pyridine rings is 1. The molecule has 4 rings (SSSR count). The summed E-state index contributed by atoms with van der Waals surface area (Å²) in [5.41, 5.74) is 2.15. The number of aromatic amines is 1. The molecule has 1 aromatic carbocycles. The monoisotopic (exact) mass is 348 g/mol. The summed E-state index contributed by atoms with van der Waals surface area (Å²) in [6.45, 7) is 0. The lowest BCUT2D eigenvalue weighted by atomic mass is 10.0. The number of carbonyl (C=O) groups is 2. The van der Waals surface area contributed by atoms with Crippen LogP contribution in [0, 0.1) is 0 Å². The molecule has 0 saturated heterocycles. The number of hydrogen-bond acceptors (Lipinski definition) is 3. The van der Waals surface area contributed by atoms with Crippen LogP contribution in [0.5, 0.6) is 0 Å². The van der Waals surface area contributed by atoms with Gasteiger partial charge in [-0.3, -0.25) is 9.59 Å². The molecule has 6 nitrogen and oxygen atoms in total. The van der Waals surface area contributed by atoms with Crippen LogP contribution in [0.1, 0.15) is 28.8 Å². The maximum absolute atomic E-state index is 12.8. The van der Waals surface area contributed by atoms with Gasteiger partial charge >= 0.3 is 0 Å². The third-order valence-corrected chi connectivity index (χ3v) is 4.52. The molecule has 26 heavy (non-hydrogen) atoms. The number of carbonyl (C=O) groups excluding carboxylic acids is 2. The first kappa shape index (κ1) is 16.3. The van der Waals surface area contributed by atoms with Gasteiger partial charge in [-0.1, -0.05) is 30.3 Å². The number of amides is 2. The molecule has 1 atom stereocenters. The molecular formula is C20H20N4O2. The van der Waals surface area contributed by atoms with Gasteiger partial charge in [0, 0.05) is 30.2 Å². The van der Waals surface area contributed by atoms with E-state index in [4.69, 9.17) is 0 Å². The Hall–Kier alpha value is -3.15. The van der Waals surface area contributed by atoms with Crippen molar-refractivity contribution >= 4 is 22.8 Å². The minimum atomic E-state index is -0.618. The van der Waals surface area contributed by atoms with Crippen LogP contribution in [0.4, 0.5) is 0 Å². The molecule has 1 saturated carbocycles. The average molecular weight is 348 g/mol. The standard InChI is InChI=1S/C20H20N4O2/c25-19(16-12-22-18-15(16)7-4-10-21-18)24-17(20(26)23-14-8-9-14)11-13-5-2-1-3-6-13/h1-7,10,12,14,17H,8-9,11H2,(H,21,22)(H,23,26)(H,24,25)/t17-/m1/s1. The van der Waals surface area contributed by atoms with Crippen LogP contribution >= 0.6 is 0 Å². The van der Waals surface area contributed by atoms with Gasteiger partial charge < -0.3 is 15.6 Å². The van der Waals surface area contributed by atoms with E-state index in [1.807, 2.05) is 36.4 Å². The van der Waals surface area contributed by atoms with Gasteiger partial charge in [0.25, 0.3) is 5.91 Å². The number of nitrogens with one attached hydrogen (secondary N) is 3. The quantitative estimate of drug-likeness (QED) is 0.638. The molecule has 0 aliphatic heterocycles. The van der Waals surface area contributed by atoms with E-state index in [1.54, 1.807) is 18.5 Å². The Labute approximate surface area is 151 Å². The second kappa shape index (κ2) is 7.00. The number of H-pyrrole nitrogens is 1. The first-order chi connectivity index (χ1) is 12.7. The molecule has 2 aromatic heterocycles. The van der Waals surface area contributed by atoms with E-state index in [9.17, 15) is 9.59 Å². The Balaban J connectivity index is 1.54. The van der Waals surface area contributed by atoms with Crippen molar-refractivity contribution in [2.24, 2.45) is 0 Å². The normalized spacial score (nSPS) is 14.8. The number of rotatable bonds is 6. The zero-order valence-electron chi connectivity index (χ0n) is 14.2. The Morgan fingerprint density at radius 2 is 1.96 bits per heavy atom. The fourth-order valence-electron chi connectivity index (χ4n) is 2.97. The molecule has 1 aliphatic carbocycles. The molecule has 0 spiro atoms. The smallest absolute Gasteiger partial charge is 0.254 e. The summed E-state index contributed by atoms with van der Waals surface area (Å²) in [6, 6.07) is 13.0. The molecular weight excluding hydrogens is 328 g/mol. The fourth-order valence-corrected chi connectivity index (χ4v) is 2.97. The number of fused-ring (bicyclic) bond motifs is 1. The number of benzene rings is 1. The second-order valence-corrected chi connectivity index (χ2v) is 6.60. The molecule has 3 N–H and O–H groups in total. The van der Waals surface area contributed by atoms with Crippen LogP contribution in [0.15, 0.2) is 54.9 Å². The third-order valence-electron chi connectivity index (χ3n) is 4.52. The van der Waals surface area contributed by atoms with Gasteiger partial charge in [-0.2, -0.15) is 0 Å². The molecule has 2 heterocycles. The molecule has 1 fully saturated rings. The van der Waals surface area contributed by atoms with Gasteiger partial charge in [-0.25, -0.2) is 4.98 Å². The fraction of sp³-hybridized carbons (Fsp3) is 0.250. The zero-order valence-corrected chi connectivity index (χ0v) is 14.2. The van der Waals surface area contributed by atoms with E-state index in [0.29, 0.717) is 17.6 Å². The highest BCUT2D eigenvalue weighted by molar-refractivity contribution is 6.07. The Kier molecular flexibility index (Phi) is 4.39. The van der Waals surface area contributed by atoms with Gasteiger partial charge in [0.15, 0.2) is 0 Å². The highest BCUT2D eigenvalue weighted by Crippen LogP contribution is 2.19. The second-order valence-electron chi connectivity index (χ2n) is 6.60. The number of nitrogens with zero attached hydrogens (tertiary/aromatic N) is 1. The van der Waals surface area contributed by atoms with E-state index in [0.717, 1.165) is 23.8 Å². The Morgan fingerprint density at radius 3 is 2.73 bits per heavy atom. The van der Waals surface area contributed by atoms with Gasteiger partial charge in [0.1, 0.15) is 11.7 Å². The predicted octanol–water partition coefficient (Wildman–Crippen LogP) is 2.18. The van der Waals surface area contributed by atoms with E-state index >= 15 is 0 Å². The van der Waals surface area contributed by atoms with Crippen molar-refractivity contribution in [3.63, 3.8) is 0 Å². The lowest BCUT2D eigenvalue weighted by molar-refractivity contribution is -0.123. The maximum Gasteiger partial charge on any atom is 0.254 e. The first-order valence-corrected chi connectivity index (χ1v) is 8.78. The van der Waals surface area contributed by atoms with Gasteiger partial charge in [-0.05, 0) is 30.5 Å². The van der Waals surface area contributed by atoms with E-state index < -0.39 is 6.04 Å². The minimum Gasteiger partial charge on any atom is -0.352 e. The third kappa shape index (κ3) is 3.59. The summed E-state index contributed by atoms with van der Waals surface area (Å²) in [7, 11) is 0. The zero-order chi connectivity index (χ0) is 17.9. The Morgan fingerprint density at radius 1 is 1.15 bits per heavy atom. The predicted molar refractivity (Wildman–Crippen MR) is 98.7 cm³/mol. The molecule has 0 radical (unpaired) electrons. The summed E-state index contributed by atoms with van der Waals surface area (Å²) in [5.74, 6) is -0.418. The lowest BCUT2D eigenvalue weighted by Crippen LogP contribution is -2.48. The van der Waals surface area contributed by atoms with Crippen LogP contribution in [-0.4, -0.2) is 33.9 Å². The summed E-state index contributed by atoms with van der Waals surface area (Å²) >= 11 is 0. The van der Waals surface area contributed by atoms with Crippen molar-refractivity contribution in [3.8, 4) is 0 Å². The SMILES string of the molecule is O=C(N[C@H](Cc1ccccc1)C(=O)NC1CC1)c1c[nH]c2ncccc12. The van der Waals surface area contributed by atoms with Crippen molar-refractivity contribution in [3.05, 3.63) is 66.0 Å². The minimum absolute atomic E-state index is 0.136. The van der Waals surface area contributed by atoms with Crippen LogP contribution < -0.4 is 10.6 Å². The summed E-state index contributed by atoms with van der Waals surface area (Å²) < 4.78 is 0. The largest absolute Gasteiger partial charge is 0.352 e. The molecule has 6 heteroatoms. The van der Waals surface area contributed by atoms with Crippen molar-refractivity contribution in [1.29, 1.82) is 0 Å². The number of hydrogen-bond donors (Lipinski definition) is 3. The lowest BCUT2D eigenvalue weighted by Gasteiger charge is -2.18. The van der Waals surface area contributed by atoms with E-state index in [2.05, 4.69) is 20.6 Å². The van der Waals surface area contributed by atoms with Crippen molar-refractivity contribution < 1.29 is 9.59 Å². The van der Waals surface area contributed by atoms with Crippen molar-refractivity contribution in [2.75, 3.05) is 0 Å². The topological polar surface area (TPSA) is 86.9 Å². The molecule has 2 amide bonds. The van der Waals surface area contributed by atoms with Gasteiger partial charge in [0.2, 0.25) is 5.91 Å². The maximum atomic E-state index is 12.8. The molecule has 0 bridgehead atoms. The summed E-state index contributed by atoms with van der Waals surface area (Å²) in [6.07, 6.45) is 5.76. The van der Waals surface area contributed by atoms with Crippen molar-refractivity contribution in [1.82, 2.24) is 20.6 Å². The summed E-state index contributed by atoms with van der Waals surface area (Å²) in [4.78, 5) is 32.6. The van der Waals surface area contributed by atoms with Crippen molar-refractivity contribution in [2.45, 2.75) is 31.3 Å².